The fourth-order valence-corrected chi connectivity index (χ4v) is 3.42. The molecule has 2 fully saturated rings. The standard InChI is InChI=1S/C15H28N2O.2C2H6/c1-4-16-8-5-15(6-9-16)7-10-17(12-13(2)3)14(18)11-15;2*1-2/h13H,4-12H2,1-3H3;2*1-2H3. The molecule has 0 aliphatic carbocycles. The van der Waals surface area contributed by atoms with Gasteiger partial charge in [-0.2, -0.15) is 0 Å². The topological polar surface area (TPSA) is 23.6 Å². The molecule has 2 aliphatic heterocycles. The van der Waals surface area contributed by atoms with Gasteiger partial charge in [-0.1, -0.05) is 48.5 Å². The lowest BCUT2D eigenvalue weighted by Gasteiger charge is -2.46. The number of hydrogen-bond donors (Lipinski definition) is 0. The lowest BCUT2D eigenvalue weighted by atomic mass is 9.71. The summed E-state index contributed by atoms with van der Waals surface area (Å²) in [6.07, 6.45) is 4.48. The highest BCUT2D eigenvalue weighted by molar-refractivity contribution is 5.77. The number of carbonyl (C=O) groups is 1. The molecule has 0 aromatic heterocycles. The van der Waals surface area contributed by atoms with Crippen LogP contribution in [-0.2, 0) is 4.79 Å². The molecule has 22 heavy (non-hydrogen) atoms. The van der Waals surface area contributed by atoms with Crippen LogP contribution in [0.5, 0.6) is 0 Å². The molecule has 1 spiro atoms. The van der Waals surface area contributed by atoms with Gasteiger partial charge in [0, 0.05) is 19.5 Å². The highest BCUT2D eigenvalue weighted by atomic mass is 16.2. The minimum Gasteiger partial charge on any atom is -0.342 e. The van der Waals surface area contributed by atoms with Crippen molar-refractivity contribution in [3.63, 3.8) is 0 Å². The zero-order chi connectivity index (χ0) is 17.2. The molecular weight excluding hydrogens is 272 g/mol. The number of nitrogens with zero attached hydrogens (tertiary/aromatic N) is 2. The highest BCUT2D eigenvalue weighted by Gasteiger charge is 2.40. The van der Waals surface area contributed by atoms with Gasteiger partial charge in [0.25, 0.3) is 0 Å². The van der Waals surface area contributed by atoms with Crippen molar-refractivity contribution in [2.45, 2.75) is 74.1 Å². The van der Waals surface area contributed by atoms with Crippen LogP contribution in [0.4, 0.5) is 0 Å². The van der Waals surface area contributed by atoms with E-state index in [0.717, 1.165) is 26.1 Å². The van der Waals surface area contributed by atoms with Gasteiger partial charge < -0.3 is 9.80 Å². The van der Waals surface area contributed by atoms with Gasteiger partial charge in [0.2, 0.25) is 5.91 Å². The Kier molecular flexibility index (Phi) is 10.8. The fourth-order valence-electron chi connectivity index (χ4n) is 3.42. The third-order valence-corrected chi connectivity index (χ3v) is 4.74. The minimum atomic E-state index is 0.343. The molecule has 0 aromatic carbocycles. The molecule has 0 aromatic rings. The zero-order valence-electron chi connectivity index (χ0n) is 16.2. The molecule has 0 radical (unpaired) electrons. The van der Waals surface area contributed by atoms with Crippen LogP contribution in [0.25, 0.3) is 0 Å². The van der Waals surface area contributed by atoms with E-state index in [0.29, 0.717) is 17.2 Å². The van der Waals surface area contributed by atoms with E-state index >= 15 is 0 Å². The zero-order valence-corrected chi connectivity index (χ0v) is 16.2. The van der Waals surface area contributed by atoms with Gasteiger partial charge in [-0.25, -0.2) is 0 Å². The summed E-state index contributed by atoms with van der Waals surface area (Å²) in [5.74, 6) is 0.991. The van der Waals surface area contributed by atoms with Crippen molar-refractivity contribution in [1.29, 1.82) is 0 Å². The lowest BCUT2D eigenvalue weighted by Crippen LogP contribution is -2.49. The van der Waals surface area contributed by atoms with E-state index in [2.05, 4.69) is 30.6 Å². The number of hydrogen-bond acceptors (Lipinski definition) is 2. The molecule has 0 unspecified atom stereocenters. The maximum atomic E-state index is 12.3. The number of rotatable bonds is 3. The number of carbonyl (C=O) groups excluding carboxylic acids is 1. The molecule has 2 saturated heterocycles. The fraction of sp³-hybridized carbons (Fsp3) is 0.947. The Morgan fingerprint density at radius 2 is 1.50 bits per heavy atom. The molecule has 2 heterocycles. The van der Waals surface area contributed by atoms with Crippen LogP contribution in [0.3, 0.4) is 0 Å². The van der Waals surface area contributed by atoms with Crippen LogP contribution < -0.4 is 0 Å². The van der Waals surface area contributed by atoms with E-state index in [-0.39, 0.29) is 0 Å². The number of likely N-dealkylation sites (tertiary alicyclic amines) is 2. The second kappa shape index (κ2) is 11.0. The Bertz CT molecular complexity index is 294. The predicted octanol–water partition coefficient (Wildman–Crippen LogP) is 4.42. The van der Waals surface area contributed by atoms with Crippen LogP contribution in [0, 0.1) is 11.3 Å². The van der Waals surface area contributed by atoms with E-state index < -0.39 is 0 Å². The van der Waals surface area contributed by atoms with E-state index in [4.69, 9.17) is 0 Å². The molecule has 1 amide bonds. The Morgan fingerprint density at radius 1 is 1.00 bits per heavy atom. The van der Waals surface area contributed by atoms with Crippen molar-refractivity contribution in [2.24, 2.45) is 11.3 Å². The van der Waals surface area contributed by atoms with Crippen molar-refractivity contribution < 1.29 is 4.79 Å². The first-order chi connectivity index (χ1) is 10.5. The van der Waals surface area contributed by atoms with Crippen molar-refractivity contribution in [3.05, 3.63) is 0 Å². The van der Waals surface area contributed by atoms with Gasteiger partial charge in [-0.3, -0.25) is 4.79 Å². The molecule has 2 aliphatic rings. The van der Waals surface area contributed by atoms with Crippen LogP contribution in [0.2, 0.25) is 0 Å². The number of amides is 1. The Labute approximate surface area is 139 Å². The lowest BCUT2D eigenvalue weighted by molar-refractivity contribution is -0.140. The second-order valence-electron chi connectivity index (χ2n) is 6.59. The Morgan fingerprint density at radius 3 is 1.91 bits per heavy atom. The first-order valence-corrected chi connectivity index (χ1v) is 9.55. The maximum absolute atomic E-state index is 12.3. The summed E-state index contributed by atoms with van der Waals surface area (Å²) >= 11 is 0. The maximum Gasteiger partial charge on any atom is 0.223 e. The summed E-state index contributed by atoms with van der Waals surface area (Å²) in [4.78, 5) is 16.9. The first-order valence-electron chi connectivity index (χ1n) is 9.55. The van der Waals surface area contributed by atoms with E-state index in [1.54, 1.807) is 0 Å². The molecule has 3 heteroatoms. The molecule has 0 saturated carbocycles. The van der Waals surface area contributed by atoms with Gasteiger partial charge >= 0.3 is 0 Å². The van der Waals surface area contributed by atoms with Crippen molar-refractivity contribution >= 4 is 5.91 Å². The summed E-state index contributed by atoms with van der Waals surface area (Å²) in [6, 6.07) is 0. The monoisotopic (exact) mass is 312 g/mol. The highest BCUT2D eigenvalue weighted by Crippen LogP contribution is 2.41. The summed E-state index contributed by atoms with van der Waals surface area (Å²) in [5.41, 5.74) is 0.343. The van der Waals surface area contributed by atoms with E-state index in [9.17, 15) is 4.79 Å². The SMILES string of the molecule is CC.CC.CCN1CCC2(CC1)CCN(CC(C)C)C(=O)C2. The van der Waals surface area contributed by atoms with Crippen molar-refractivity contribution in [2.75, 3.05) is 32.7 Å². The largest absolute Gasteiger partial charge is 0.342 e. The van der Waals surface area contributed by atoms with E-state index in [1.807, 2.05) is 27.7 Å². The molecule has 0 N–H and O–H groups in total. The second-order valence-corrected chi connectivity index (χ2v) is 6.59. The van der Waals surface area contributed by atoms with Gasteiger partial charge in [-0.15, -0.1) is 0 Å². The first kappa shape index (κ1) is 21.4. The summed E-state index contributed by atoms with van der Waals surface area (Å²) in [5, 5.41) is 0. The van der Waals surface area contributed by atoms with Gasteiger partial charge in [0.05, 0.1) is 0 Å². The number of piperidine rings is 2. The quantitative estimate of drug-likeness (QED) is 0.770. The van der Waals surface area contributed by atoms with Crippen LogP contribution >= 0.6 is 0 Å². The molecular formula is C19H40N2O. The van der Waals surface area contributed by atoms with E-state index in [1.165, 1.54) is 32.4 Å². The van der Waals surface area contributed by atoms with Crippen molar-refractivity contribution in [1.82, 2.24) is 9.80 Å². The van der Waals surface area contributed by atoms with Gasteiger partial charge in [0.1, 0.15) is 0 Å². The predicted molar refractivity (Wildman–Crippen MR) is 97.1 cm³/mol. The third-order valence-electron chi connectivity index (χ3n) is 4.74. The molecule has 132 valence electrons. The third kappa shape index (κ3) is 6.28. The summed E-state index contributed by atoms with van der Waals surface area (Å²) < 4.78 is 0. The van der Waals surface area contributed by atoms with Crippen molar-refractivity contribution in [3.8, 4) is 0 Å². The van der Waals surface area contributed by atoms with Crippen LogP contribution in [0.15, 0.2) is 0 Å². The molecule has 2 rings (SSSR count). The average Bonchev–Trinajstić information content (AvgIpc) is 2.55. The van der Waals surface area contributed by atoms with Crippen LogP contribution in [0.1, 0.15) is 74.1 Å². The van der Waals surface area contributed by atoms with Crippen LogP contribution in [-0.4, -0.2) is 48.4 Å². The Hall–Kier alpha value is -0.570. The molecule has 3 nitrogen and oxygen atoms in total. The normalized spacial score (nSPS) is 21.1. The minimum absolute atomic E-state index is 0.343. The smallest absolute Gasteiger partial charge is 0.223 e. The van der Waals surface area contributed by atoms with Gasteiger partial charge in [-0.05, 0) is 50.2 Å². The Balaban J connectivity index is 0.00000102. The summed E-state index contributed by atoms with van der Waals surface area (Å²) in [7, 11) is 0. The average molecular weight is 313 g/mol. The molecule has 0 atom stereocenters. The summed E-state index contributed by atoms with van der Waals surface area (Å²) in [6.45, 7) is 20.1. The van der Waals surface area contributed by atoms with Gasteiger partial charge in [0.15, 0.2) is 0 Å². The molecule has 0 bridgehead atoms.